The lowest BCUT2D eigenvalue weighted by atomic mass is 9.97. The Morgan fingerprint density at radius 3 is 2.72 bits per heavy atom. The van der Waals surface area contributed by atoms with Crippen LogP contribution in [0.2, 0.25) is 0 Å². The lowest BCUT2D eigenvalue weighted by molar-refractivity contribution is -0.131. The highest BCUT2D eigenvalue weighted by molar-refractivity contribution is 6.07. The number of carbonyl (C=O) groups excluding carboxylic acids is 1. The second-order valence-electron chi connectivity index (χ2n) is 7.03. The molecule has 1 aromatic carbocycles. The van der Waals surface area contributed by atoms with Gasteiger partial charge in [-0.3, -0.25) is 9.78 Å². The number of piperidine rings is 1. The zero-order valence-corrected chi connectivity index (χ0v) is 14.7. The summed E-state index contributed by atoms with van der Waals surface area (Å²) in [5.74, 6) is 0.0838. The van der Waals surface area contributed by atoms with Crippen molar-refractivity contribution >= 4 is 33.8 Å². The maximum Gasteiger partial charge on any atom is 0.247 e. The number of amides is 1. The van der Waals surface area contributed by atoms with Crippen LogP contribution in [-0.2, 0) is 4.79 Å². The quantitative estimate of drug-likeness (QED) is 0.701. The summed E-state index contributed by atoms with van der Waals surface area (Å²) in [4.78, 5) is 22.5. The smallest absolute Gasteiger partial charge is 0.247 e. The molecule has 4 nitrogen and oxygen atoms in total. The van der Waals surface area contributed by atoms with Gasteiger partial charge >= 0.3 is 0 Å². The van der Waals surface area contributed by atoms with Crippen LogP contribution in [0.15, 0.2) is 42.6 Å². The van der Waals surface area contributed by atoms with Crippen molar-refractivity contribution in [3.63, 3.8) is 0 Å². The van der Waals surface area contributed by atoms with Crippen LogP contribution in [-0.4, -0.2) is 32.9 Å². The third-order valence-electron chi connectivity index (χ3n) is 5.26. The number of likely N-dealkylation sites (tertiary alicyclic amines) is 1. The van der Waals surface area contributed by atoms with E-state index in [1.807, 2.05) is 35.4 Å². The Bertz CT molecular complexity index is 946. The normalized spacial score (nSPS) is 21.4. The number of benzene rings is 1. The predicted octanol–water partition coefficient (Wildman–Crippen LogP) is 4.52. The summed E-state index contributed by atoms with van der Waals surface area (Å²) >= 11 is 0. The number of nitrogens with zero attached hydrogens (tertiary/aromatic N) is 2. The summed E-state index contributed by atoms with van der Waals surface area (Å²) in [6.45, 7) is 4.27. The Labute approximate surface area is 147 Å². The van der Waals surface area contributed by atoms with Crippen molar-refractivity contribution in [3.8, 4) is 0 Å². The van der Waals surface area contributed by atoms with E-state index in [2.05, 4.69) is 35.9 Å². The number of hydrogen-bond donors (Lipinski definition) is 1. The molecule has 1 saturated heterocycles. The van der Waals surface area contributed by atoms with Crippen molar-refractivity contribution in [1.29, 1.82) is 0 Å². The first-order valence-electron chi connectivity index (χ1n) is 9.00. The van der Waals surface area contributed by atoms with Gasteiger partial charge < -0.3 is 9.88 Å². The van der Waals surface area contributed by atoms with Gasteiger partial charge in [-0.25, -0.2) is 0 Å². The molecule has 1 fully saturated rings. The van der Waals surface area contributed by atoms with Gasteiger partial charge in [-0.15, -0.1) is 0 Å². The zero-order valence-electron chi connectivity index (χ0n) is 14.7. The molecule has 0 radical (unpaired) electrons. The molecule has 0 aliphatic carbocycles. The van der Waals surface area contributed by atoms with E-state index >= 15 is 0 Å². The minimum Gasteiger partial charge on any atom is -0.353 e. The average molecular weight is 333 g/mol. The Morgan fingerprint density at radius 2 is 1.92 bits per heavy atom. The van der Waals surface area contributed by atoms with E-state index in [9.17, 15) is 4.79 Å². The first kappa shape index (κ1) is 15.9. The molecule has 1 aliphatic heterocycles. The van der Waals surface area contributed by atoms with Gasteiger partial charge in [0.15, 0.2) is 0 Å². The summed E-state index contributed by atoms with van der Waals surface area (Å²) < 4.78 is 0. The fraction of sp³-hybridized carbons (Fsp3) is 0.333. The molecule has 3 heterocycles. The van der Waals surface area contributed by atoms with E-state index in [4.69, 9.17) is 0 Å². The van der Waals surface area contributed by atoms with Gasteiger partial charge in [-0.2, -0.15) is 0 Å². The molecule has 1 N–H and O–H groups in total. The van der Waals surface area contributed by atoms with Crippen LogP contribution in [0.5, 0.6) is 0 Å². The van der Waals surface area contributed by atoms with Crippen molar-refractivity contribution in [1.82, 2.24) is 14.9 Å². The van der Waals surface area contributed by atoms with Crippen LogP contribution in [0.25, 0.3) is 27.9 Å². The van der Waals surface area contributed by atoms with Gasteiger partial charge in [0, 0.05) is 34.4 Å². The minimum absolute atomic E-state index is 0.0838. The van der Waals surface area contributed by atoms with Crippen molar-refractivity contribution in [3.05, 3.63) is 48.3 Å². The van der Waals surface area contributed by atoms with E-state index in [0.717, 1.165) is 35.0 Å². The van der Waals surface area contributed by atoms with Crippen molar-refractivity contribution in [2.75, 3.05) is 0 Å². The molecule has 25 heavy (non-hydrogen) atoms. The second kappa shape index (κ2) is 6.36. The molecule has 0 spiro atoms. The number of fused-ring (bicyclic) bond motifs is 3. The Morgan fingerprint density at radius 1 is 1.16 bits per heavy atom. The fourth-order valence-corrected chi connectivity index (χ4v) is 3.96. The molecule has 3 aromatic rings. The summed E-state index contributed by atoms with van der Waals surface area (Å²) in [5, 5.41) is 2.32. The third kappa shape index (κ3) is 2.93. The topological polar surface area (TPSA) is 49.0 Å². The van der Waals surface area contributed by atoms with Crippen LogP contribution < -0.4 is 0 Å². The largest absolute Gasteiger partial charge is 0.353 e. The number of para-hydroxylation sites is 1. The van der Waals surface area contributed by atoms with Crippen LogP contribution in [0.4, 0.5) is 0 Å². The summed E-state index contributed by atoms with van der Waals surface area (Å²) in [5.41, 5.74) is 2.93. The van der Waals surface area contributed by atoms with E-state index in [0.29, 0.717) is 12.1 Å². The van der Waals surface area contributed by atoms with Gasteiger partial charge in [0.05, 0.1) is 17.4 Å². The highest BCUT2D eigenvalue weighted by atomic mass is 16.2. The van der Waals surface area contributed by atoms with E-state index in [1.54, 1.807) is 6.08 Å². The summed E-state index contributed by atoms with van der Waals surface area (Å²) in [6.07, 6.45) is 8.71. The van der Waals surface area contributed by atoms with E-state index in [-0.39, 0.29) is 5.91 Å². The monoisotopic (exact) mass is 333 g/mol. The highest BCUT2D eigenvalue weighted by Gasteiger charge is 2.27. The molecule has 1 amide bonds. The Balaban J connectivity index is 1.62. The number of aromatic amines is 1. The highest BCUT2D eigenvalue weighted by Crippen LogP contribution is 2.26. The van der Waals surface area contributed by atoms with Gasteiger partial charge in [0.1, 0.15) is 0 Å². The minimum atomic E-state index is 0.0838. The molecule has 128 valence electrons. The molecule has 2 unspecified atom stereocenters. The third-order valence-corrected chi connectivity index (χ3v) is 5.26. The van der Waals surface area contributed by atoms with E-state index in [1.165, 1.54) is 11.8 Å². The molecule has 0 saturated carbocycles. The number of rotatable bonds is 2. The lowest BCUT2D eigenvalue weighted by Crippen LogP contribution is -2.46. The Kier molecular flexibility index (Phi) is 4.04. The number of nitrogens with one attached hydrogen (secondary N) is 1. The van der Waals surface area contributed by atoms with Gasteiger partial charge in [0.25, 0.3) is 0 Å². The van der Waals surface area contributed by atoms with Crippen molar-refractivity contribution < 1.29 is 4.79 Å². The number of pyridine rings is 1. The summed E-state index contributed by atoms with van der Waals surface area (Å²) in [6, 6.07) is 10.9. The van der Waals surface area contributed by atoms with Crippen molar-refractivity contribution in [2.24, 2.45) is 0 Å². The van der Waals surface area contributed by atoms with Gasteiger partial charge in [0.2, 0.25) is 5.91 Å². The first-order valence-corrected chi connectivity index (χ1v) is 9.00. The summed E-state index contributed by atoms with van der Waals surface area (Å²) in [7, 11) is 0. The zero-order chi connectivity index (χ0) is 17.4. The van der Waals surface area contributed by atoms with Crippen LogP contribution in [0, 0.1) is 0 Å². The van der Waals surface area contributed by atoms with E-state index < -0.39 is 0 Å². The molecular formula is C21H23N3O. The average Bonchev–Trinajstić information content (AvgIpc) is 2.98. The molecule has 2 atom stereocenters. The van der Waals surface area contributed by atoms with Crippen LogP contribution in [0.1, 0.15) is 38.8 Å². The Hall–Kier alpha value is -2.62. The van der Waals surface area contributed by atoms with Crippen LogP contribution in [0.3, 0.4) is 0 Å². The van der Waals surface area contributed by atoms with Crippen molar-refractivity contribution in [2.45, 2.75) is 45.2 Å². The number of hydrogen-bond acceptors (Lipinski definition) is 2. The number of H-pyrrole nitrogens is 1. The standard InChI is InChI=1S/C21H23N3O/c1-14-6-5-7-15(2)24(14)21(25)11-10-16-12-18-17-8-3-4-9-19(17)23-20(18)13-22-16/h3-4,8-15,23H,5-7H2,1-2H3/b11-10+. The molecular weight excluding hydrogens is 310 g/mol. The molecule has 1 aliphatic rings. The molecule has 2 aromatic heterocycles. The fourth-order valence-electron chi connectivity index (χ4n) is 3.96. The first-order chi connectivity index (χ1) is 12.1. The SMILES string of the molecule is CC1CCCC(C)N1C(=O)/C=C/c1cc2c(cn1)[nH]c1ccccc12. The lowest BCUT2D eigenvalue weighted by Gasteiger charge is -2.38. The van der Waals surface area contributed by atoms with Gasteiger partial charge in [-0.1, -0.05) is 18.2 Å². The second-order valence-corrected chi connectivity index (χ2v) is 7.03. The number of carbonyl (C=O) groups is 1. The van der Waals surface area contributed by atoms with Gasteiger partial charge in [-0.05, 0) is 51.3 Å². The van der Waals surface area contributed by atoms with Crippen LogP contribution >= 0.6 is 0 Å². The molecule has 0 bridgehead atoms. The maximum atomic E-state index is 12.6. The molecule has 4 rings (SSSR count). The predicted molar refractivity (Wildman–Crippen MR) is 102 cm³/mol. The maximum absolute atomic E-state index is 12.6. The molecule has 4 heteroatoms. The number of aromatic nitrogens is 2.